The molecule has 0 unspecified atom stereocenters. The minimum absolute atomic E-state index is 0. The fourth-order valence-corrected chi connectivity index (χ4v) is 1.78. The van der Waals surface area contributed by atoms with E-state index in [9.17, 15) is 5.11 Å². The topological polar surface area (TPSA) is 44.3 Å². The molecule has 1 aromatic carbocycles. The molecule has 2 rings (SSSR count). The van der Waals surface area contributed by atoms with Gasteiger partial charge in [0.25, 0.3) is 0 Å². The van der Waals surface area contributed by atoms with Crippen LogP contribution in [0.5, 0.6) is 5.75 Å². The number of hydrogen-bond donors (Lipinski definition) is 3. The van der Waals surface area contributed by atoms with Crippen LogP contribution < -0.4 is 10.6 Å². The van der Waals surface area contributed by atoms with Gasteiger partial charge in [0.1, 0.15) is 5.75 Å². The third-order valence-electron chi connectivity index (χ3n) is 2.66. The lowest BCUT2D eigenvalue weighted by molar-refractivity contribution is 0.428. The largest absolute Gasteiger partial charge is 0.508 e. The van der Waals surface area contributed by atoms with E-state index < -0.39 is 0 Å². The van der Waals surface area contributed by atoms with Crippen LogP contribution in [0.2, 0.25) is 0 Å². The summed E-state index contributed by atoms with van der Waals surface area (Å²) in [7, 11) is 0. The molecule has 3 nitrogen and oxygen atoms in total. The van der Waals surface area contributed by atoms with Gasteiger partial charge in [-0.05, 0) is 24.1 Å². The standard InChI is InChI=1S/C11H16N2O.ClH/c1-8-6-9(2-3-11(8)14)10-7-12-4-5-13-10;/h2-3,6,10,12-14H,4-5,7H2,1H3;1H/t10-;/m1./s1. The summed E-state index contributed by atoms with van der Waals surface area (Å²) in [5.41, 5.74) is 2.18. The van der Waals surface area contributed by atoms with Gasteiger partial charge in [0, 0.05) is 25.7 Å². The Labute approximate surface area is 96.3 Å². The van der Waals surface area contributed by atoms with Gasteiger partial charge in [-0.2, -0.15) is 0 Å². The summed E-state index contributed by atoms with van der Waals surface area (Å²) >= 11 is 0. The minimum atomic E-state index is 0. The Morgan fingerprint density at radius 2 is 2.13 bits per heavy atom. The average Bonchev–Trinajstić information content (AvgIpc) is 2.23. The number of phenols is 1. The van der Waals surface area contributed by atoms with E-state index in [0.717, 1.165) is 25.2 Å². The molecule has 3 N–H and O–H groups in total. The van der Waals surface area contributed by atoms with Crippen molar-refractivity contribution < 1.29 is 5.11 Å². The van der Waals surface area contributed by atoms with Gasteiger partial charge in [0.2, 0.25) is 0 Å². The molecule has 1 fully saturated rings. The number of nitrogens with one attached hydrogen (secondary N) is 2. The van der Waals surface area contributed by atoms with Crippen LogP contribution in [0.3, 0.4) is 0 Å². The maximum atomic E-state index is 9.41. The molecule has 0 spiro atoms. The lowest BCUT2D eigenvalue weighted by Gasteiger charge is -2.25. The van der Waals surface area contributed by atoms with E-state index in [4.69, 9.17) is 0 Å². The van der Waals surface area contributed by atoms with E-state index in [0.29, 0.717) is 11.8 Å². The second kappa shape index (κ2) is 5.35. The zero-order valence-corrected chi connectivity index (χ0v) is 9.60. The van der Waals surface area contributed by atoms with Gasteiger partial charge >= 0.3 is 0 Å². The molecule has 0 radical (unpaired) electrons. The number of aromatic hydroxyl groups is 1. The first-order chi connectivity index (χ1) is 6.77. The van der Waals surface area contributed by atoms with Gasteiger partial charge < -0.3 is 15.7 Å². The molecule has 1 saturated heterocycles. The lowest BCUT2D eigenvalue weighted by atomic mass is 10.0. The van der Waals surface area contributed by atoms with Crippen LogP contribution in [-0.2, 0) is 0 Å². The summed E-state index contributed by atoms with van der Waals surface area (Å²) in [6.45, 7) is 4.93. The summed E-state index contributed by atoms with van der Waals surface area (Å²) in [6.07, 6.45) is 0. The van der Waals surface area contributed by atoms with Crippen molar-refractivity contribution in [2.45, 2.75) is 13.0 Å². The van der Waals surface area contributed by atoms with Crippen LogP contribution in [0.1, 0.15) is 17.2 Å². The normalized spacial score (nSPS) is 20.7. The molecular formula is C11H17ClN2O. The van der Waals surface area contributed by atoms with Gasteiger partial charge in [0.15, 0.2) is 0 Å². The lowest BCUT2D eigenvalue weighted by Crippen LogP contribution is -2.42. The minimum Gasteiger partial charge on any atom is -0.508 e. The Kier molecular flexibility index (Phi) is 4.39. The van der Waals surface area contributed by atoms with Gasteiger partial charge in [-0.15, -0.1) is 12.4 Å². The second-order valence-corrected chi connectivity index (χ2v) is 3.76. The highest BCUT2D eigenvalue weighted by Gasteiger charge is 2.14. The van der Waals surface area contributed by atoms with Gasteiger partial charge in [-0.1, -0.05) is 12.1 Å². The molecule has 1 aliphatic heterocycles. The molecule has 15 heavy (non-hydrogen) atoms. The summed E-state index contributed by atoms with van der Waals surface area (Å²) in [5, 5.41) is 16.2. The third-order valence-corrected chi connectivity index (χ3v) is 2.66. The van der Waals surface area contributed by atoms with E-state index in [1.54, 1.807) is 6.07 Å². The van der Waals surface area contributed by atoms with Crippen LogP contribution in [0.15, 0.2) is 18.2 Å². The molecule has 0 aromatic heterocycles. The number of hydrogen-bond acceptors (Lipinski definition) is 3. The molecule has 0 aliphatic carbocycles. The van der Waals surface area contributed by atoms with Crippen molar-refractivity contribution in [3.05, 3.63) is 29.3 Å². The third kappa shape index (κ3) is 2.84. The Hall–Kier alpha value is -0.770. The van der Waals surface area contributed by atoms with E-state index in [2.05, 4.69) is 10.6 Å². The van der Waals surface area contributed by atoms with Crippen molar-refractivity contribution in [1.29, 1.82) is 0 Å². The number of aryl methyl sites for hydroxylation is 1. The summed E-state index contributed by atoms with van der Waals surface area (Å²) in [6, 6.07) is 6.16. The van der Waals surface area contributed by atoms with Crippen LogP contribution in [0.4, 0.5) is 0 Å². The number of phenolic OH excluding ortho intramolecular Hbond substituents is 1. The average molecular weight is 229 g/mol. The predicted molar refractivity (Wildman–Crippen MR) is 63.7 cm³/mol. The van der Waals surface area contributed by atoms with Crippen LogP contribution in [0.25, 0.3) is 0 Å². The number of piperazine rings is 1. The zero-order chi connectivity index (χ0) is 9.97. The smallest absolute Gasteiger partial charge is 0.118 e. The van der Waals surface area contributed by atoms with Crippen molar-refractivity contribution in [1.82, 2.24) is 10.6 Å². The zero-order valence-electron chi connectivity index (χ0n) is 8.79. The maximum absolute atomic E-state index is 9.41. The van der Waals surface area contributed by atoms with E-state index in [1.165, 1.54) is 5.56 Å². The Bertz CT molecular complexity index is 324. The van der Waals surface area contributed by atoms with Gasteiger partial charge in [-0.3, -0.25) is 0 Å². The van der Waals surface area contributed by atoms with E-state index in [-0.39, 0.29) is 12.4 Å². The molecule has 0 saturated carbocycles. The number of halogens is 1. The molecule has 0 bridgehead atoms. The van der Waals surface area contributed by atoms with Crippen LogP contribution >= 0.6 is 12.4 Å². The van der Waals surface area contributed by atoms with E-state index >= 15 is 0 Å². The first-order valence-electron chi connectivity index (χ1n) is 5.01. The summed E-state index contributed by atoms with van der Waals surface area (Å²) in [4.78, 5) is 0. The maximum Gasteiger partial charge on any atom is 0.118 e. The van der Waals surface area contributed by atoms with Crippen molar-refractivity contribution in [2.24, 2.45) is 0 Å². The molecule has 0 amide bonds. The highest BCUT2D eigenvalue weighted by molar-refractivity contribution is 5.85. The SMILES string of the molecule is Cc1cc([C@H]2CNCCN2)ccc1O.Cl. The summed E-state index contributed by atoms with van der Waals surface area (Å²) < 4.78 is 0. The molecule has 1 aromatic rings. The van der Waals surface area contributed by atoms with Crippen LogP contribution in [0, 0.1) is 6.92 Å². The Morgan fingerprint density at radius 1 is 1.33 bits per heavy atom. The first kappa shape index (κ1) is 12.3. The van der Waals surface area contributed by atoms with Gasteiger partial charge in [-0.25, -0.2) is 0 Å². The van der Waals surface area contributed by atoms with Crippen molar-refractivity contribution in [3.63, 3.8) is 0 Å². The fourth-order valence-electron chi connectivity index (χ4n) is 1.78. The molecule has 1 aliphatic rings. The molecule has 1 atom stereocenters. The Balaban J connectivity index is 0.00000112. The Morgan fingerprint density at radius 3 is 2.73 bits per heavy atom. The second-order valence-electron chi connectivity index (χ2n) is 3.76. The molecule has 4 heteroatoms. The van der Waals surface area contributed by atoms with Gasteiger partial charge in [0.05, 0.1) is 0 Å². The highest BCUT2D eigenvalue weighted by Crippen LogP contribution is 2.21. The number of benzene rings is 1. The van der Waals surface area contributed by atoms with Crippen molar-refractivity contribution >= 4 is 12.4 Å². The monoisotopic (exact) mass is 228 g/mol. The quantitative estimate of drug-likeness (QED) is 0.680. The predicted octanol–water partition coefficient (Wildman–Crippen LogP) is 1.36. The molecular weight excluding hydrogens is 212 g/mol. The molecule has 1 heterocycles. The summed E-state index contributed by atoms with van der Waals surface area (Å²) in [5.74, 6) is 0.373. The molecule has 84 valence electrons. The highest BCUT2D eigenvalue weighted by atomic mass is 35.5. The first-order valence-corrected chi connectivity index (χ1v) is 5.01. The van der Waals surface area contributed by atoms with Crippen molar-refractivity contribution in [3.8, 4) is 5.75 Å². The van der Waals surface area contributed by atoms with Crippen LogP contribution in [-0.4, -0.2) is 24.7 Å². The number of rotatable bonds is 1. The van der Waals surface area contributed by atoms with Crippen molar-refractivity contribution in [2.75, 3.05) is 19.6 Å². The fraction of sp³-hybridized carbons (Fsp3) is 0.455. The van der Waals surface area contributed by atoms with E-state index in [1.807, 2.05) is 19.1 Å².